The van der Waals surface area contributed by atoms with Crippen LogP contribution < -0.4 is 21.2 Å². The number of alkyl halides is 10. The summed E-state index contributed by atoms with van der Waals surface area (Å²) in [5.41, 5.74) is 3.43. The third kappa shape index (κ3) is 7.48. The first-order valence-corrected chi connectivity index (χ1v) is 12.3. The predicted molar refractivity (Wildman–Crippen MR) is 110 cm³/mol. The van der Waals surface area contributed by atoms with Gasteiger partial charge in [0.05, 0.1) is 0 Å². The van der Waals surface area contributed by atoms with E-state index < -0.39 is 24.2 Å². The molecule has 0 aliphatic rings. The molecule has 35 heavy (non-hydrogen) atoms. The summed E-state index contributed by atoms with van der Waals surface area (Å²) < 4.78 is 116. The molecule has 2 aromatic carbocycles. The summed E-state index contributed by atoms with van der Waals surface area (Å²) in [4.78, 5) is 0. The van der Waals surface area contributed by atoms with Crippen molar-refractivity contribution in [2.75, 3.05) is 0 Å². The third-order valence-electron chi connectivity index (χ3n) is 4.67. The van der Waals surface area contributed by atoms with Crippen LogP contribution in [0.1, 0.15) is 52.7 Å². The molecule has 11 heteroatoms. The van der Waals surface area contributed by atoms with Crippen LogP contribution in [0.3, 0.4) is 0 Å². The number of hydrogen-bond donors (Lipinski definition) is 0. The maximum Gasteiger partial charge on any atom is 0.460 e. The van der Waals surface area contributed by atoms with Crippen LogP contribution in [-0.2, 0) is 10.8 Å². The lowest BCUT2D eigenvalue weighted by Crippen LogP contribution is -3.62. The van der Waals surface area contributed by atoms with Gasteiger partial charge in [-0.25, -0.2) is 0 Å². The van der Waals surface area contributed by atoms with Crippen molar-refractivity contribution in [3.05, 3.63) is 66.8 Å². The normalized spacial score (nSPS) is 13.8. The van der Waals surface area contributed by atoms with Gasteiger partial charge in [-0.3, -0.25) is 0 Å². The van der Waals surface area contributed by atoms with Crippen LogP contribution in [-0.4, -0.2) is 24.2 Å². The fourth-order valence-electron chi connectivity index (χ4n) is 2.77. The molecule has 0 radical (unpaired) electrons. The van der Waals surface area contributed by atoms with E-state index in [1.54, 1.807) is 7.14 Å². The van der Waals surface area contributed by atoms with Gasteiger partial charge in [0.2, 0.25) is 0 Å². The zero-order chi connectivity index (χ0) is 27.7. The van der Waals surface area contributed by atoms with Crippen LogP contribution >= 0.6 is 0 Å². The largest absolute Gasteiger partial charge is 0.460 e. The standard InChI is InChI=1S/C20H26I.C4F10/c1-19(2,3)15-11-7-9-13-17(15)21-18-14-10-8-12-16(18)20(4,5)6;5-1(6,3(9,10)11)2(7,8)4(12,13)14/h7-14H,1-6H3;/q+1;. The molecule has 0 bridgehead atoms. The minimum atomic E-state index is -7.14. The lowest BCUT2D eigenvalue weighted by atomic mass is 9.87. The second-order valence-corrected chi connectivity index (χ2v) is 12.6. The van der Waals surface area contributed by atoms with Gasteiger partial charge in [0.15, 0.2) is 7.14 Å². The lowest BCUT2D eigenvalue weighted by Gasteiger charge is -2.29. The molecule has 0 saturated carbocycles. The van der Waals surface area contributed by atoms with Crippen LogP contribution in [0.4, 0.5) is 43.9 Å². The van der Waals surface area contributed by atoms with Crippen molar-refractivity contribution in [3.8, 4) is 0 Å². The zero-order valence-corrected chi connectivity index (χ0v) is 21.9. The highest BCUT2D eigenvalue weighted by atomic mass is 127. The van der Waals surface area contributed by atoms with Gasteiger partial charge in [0.25, 0.3) is 0 Å². The van der Waals surface area contributed by atoms with Crippen molar-refractivity contribution < 1.29 is 65.1 Å². The van der Waals surface area contributed by atoms with Crippen molar-refractivity contribution in [2.24, 2.45) is 0 Å². The number of rotatable bonds is 3. The smallest absolute Gasteiger partial charge is 0.189 e. The molecule has 0 aliphatic carbocycles. The average molecular weight is 631 g/mol. The third-order valence-corrected chi connectivity index (χ3v) is 7.72. The number of hydrogen-bond acceptors (Lipinski definition) is 0. The molecule has 0 aromatic heterocycles. The van der Waals surface area contributed by atoms with Crippen LogP contribution in [0.2, 0.25) is 0 Å². The first-order chi connectivity index (χ1) is 15.4. The molecular formula is C24H26F10I+. The van der Waals surface area contributed by atoms with E-state index in [0.29, 0.717) is 0 Å². The van der Waals surface area contributed by atoms with E-state index >= 15 is 0 Å². The molecule has 2 aromatic rings. The molecule has 0 atom stereocenters. The Morgan fingerprint density at radius 1 is 0.457 bits per heavy atom. The number of halogens is 11. The summed E-state index contributed by atoms with van der Waals surface area (Å²) in [5, 5.41) is 0. The van der Waals surface area contributed by atoms with Gasteiger partial charge in [-0.1, -0.05) is 77.9 Å². The summed E-state index contributed by atoms with van der Waals surface area (Å²) in [6.45, 7) is 13.9. The fraction of sp³-hybridized carbons (Fsp3) is 0.500. The van der Waals surface area contributed by atoms with E-state index in [4.69, 9.17) is 0 Å². The molecule has 0 saturated heterocycles. The SMILES string of the molecule is CC(C)(C)c1ccccc1[I+]c1ccccc1C(C)(C)C.FC(F)(F)C(F)(F)C(F)(F)C(F)(F)F. The Bertz CT molecular complexity index is 898. The Morgan fingerprint density at radius 2 is 0.714 bits per heavy atom. The van der Waals surface area contributed by atoms with Crippen molar-refractivity contribution in [3.63, 3.8) is 0 Å². The monoisotopic (exact) mass is 631 g/mol. The molecule has 198 valence electrons. The van der Waals surface area contributed by atoms with Gasteiger partial charge in [0.1, 0.15) is 0 Å². The van der Waals surface area contributed by atoms with Gasteiger partial charge in [-0.2, -0.15) is 43.9 Å². The van der Waals surface area contributed by atoms with Crippen LogP contribution in [0.15, 0.2) is 48.5 Å². The second-order valence-electron chi connectivity index (χ2n) is 9.70. The molecule has 0 unspecified atom stereocenters. The maximum absolute atomic E-state index is 11.6. The quantitative estimate of drug-likeness (QED) is 0.298. The highest BCUT2D eigenvalue weighted by Crippen LogP contribution is 2.53. The minimum absolute atomic E-state index is 0.147. The fourth-order valence-corrected chi connectivity index (χ4v) is 6.73. The molecule has 2 rings (SSSR count). The van der Waals surface area contributed by atoms with Gasteiger partial charge >= 0.3 is 45.4 Å². The summed E-state index contributed by atoms with van der Waals surface area (Å²) >= 11 is -0.147. The average Bonchev–Trinajstić information content (AvgIpc) is 2.66. The first-order valence-electron chi connectivity index (χ1n) is 10.2. The summed E-state index contributed by atoms with van der Waals surface area (Å²) in [7, 11) is 0. The molecular weight excluding hydrogens is 605 g/mol. The molecule has 0 heterocycles. The van der Waals surface area contributed by atoms with Gasteiger partial charge in [-0.15, -0.1) is 0 Å². The predicted octanol–water partition coefficient (Wildman–Crippen LogP) is 5.79. The van der Waals surface area contributed by atoms with Crippen LogP contribution in [0.5, 0.6) is 0 Å². The van der Waals surface area contributed by atoms with Crippen molar-refractivity contribution in [1.29, 1.82) is 0 Å². The van der Waals surface area contributed by atoms with Crippen molar-refractivity contribution in [1.82, 2.24) is 0 Å². The molecule has 0 fully saturated rings. The van der Waals surface area contributed by atoms with E-state index in [1.807, 2.05) is 0 Å². The maximum atomic E-state index is 11.6. The topological polar surface area (TPSA) is 0 Å². The van der Waals surface area contributed by atoms with E-state index in [-0.39, 0.29) is 32.0 Å². The van der Waals surface area contributed by atoms with Gasteiger partial charge in [-0.05, 0) is 23.0 Å². The van der Waals surface area contributed by atoms with Gasteiger partial charge < -0.3 is 0 Å². The Kier molecular flexibility index (Phi) is 9.41. The summed E-state index contributed by atoms with van der Waals surface area (Å²) in [5.74, 6) is -14.3. The van der Waals surface area contributed by atoms with Crippen LogP contribution in [0.25, 0.3) is 0 Å². The second kappa shape index (κ2) is 10.5. The summed E-state index contributed by atoms with van der Waals surface area (Å²) in [6.07, 6.45) is -13.9. The first kappa shape index (κ1) is 31.5. The zero-order valence-electron chi connectivity index (χ0n) is 19.8. The minimum Gasteiger partial charge on any atom is -0.189 e. The Morgan fingerprint density at radius 3 is 0.943 bits per heavy atom. The highest BCUT2D eigenvalue weighted by Gasteiger charge is 2.82. The molecule has 0 nitrogen and oxygen atoms in total. The van der Waals surface area contributed by atoms with E-state index in [0.717, 1.165) is 0 Å². The van der Waals surface area contributed by atoms with E-state index in [2.05, 4.69) is 90.1 Å². The Hall–Kier alpha value is -1.53. The van der Waals surface area contributed by atoms with Crippen molar-refractivity contribution >= 4 is 0 Å². The molecule has 0 aliphatic heterocycles. The molecule has 0 amide bonds. The van der Waals surface area contributed by atoms with E-state index in [9.17, 15) is 43.9 Å². The highest BCUT2D eigenvalue weighted by molar-refractivity contribution is 5.24. The van der Waals surface area contributed by atoms with Gasteiger partial charge in [0, 0.05) is 11.1 Å². The Balaban J connectivity index is 0.000000383. The lowest BCUT2D eigenvalue weighted by molar-refractivity contribution is -0.599. The number of benzene rings is 2. The summed E-state index contributed by atoms with van der Waals surface area (Å²) in [6, 6.07) is 18.0. The molecule has 0 spiro atoms. The Labute approximate surface area is 208 Å². The van der Waals surface area contributed by atoms with E-state index in [1.165, 1.54) is 11.1 Å². The van der Waals surface area contributed by atoms with Crippen molar-refractivity contribution in [2.45, 2.75) is 76.6 Å². The molecule has 0 N–H and O–H groups in total. The van der Waals surface area contributed by atoms with Crippen LogP contribution in [0, 0.1) is 7.14 Å².